The molecule has 2 fully saturated rings. The second kappa shape index (κ2) is 15.8. The van der Waals surface area contributed by atoms with E-state index in [1.54, 1.807) is 0 Å². The van der Waals surface area contributed by atoms with Crippen molar-refractivity contribution in [2.24, 2.45) is 0 Å². The molecule has 0 aromatic heterocycles. The molecule has 0 saturated carbocycles. The van der Waals surface area contributed by atoms with Crippen molar-refractivity contribution in [2.75, 3.05) is 27.4 Å². The first kappa shape index (κ1) is 40.0. The second-order valence-corrected chi connectivity index (χ2v) is 11.2. The van der Waals surface area contributed by atoms with Crippen molar-refractivity contribution in [3.63, 3.8) is 0 Å². The van der Waals surface area contributed by atoms with Gasteiger partial charge in [-0.15, -0.1) is 0 Å². The van der Waals surface area contributed by atoms with E-state index in [1.165, 1.54) is 0 Å². The fourth-order valence-electron chi connectivity index (χ4n) is 5.02. The Kier molecular flexibility index (Phi) is 12.4. The van der Waals surface area contributed by atoms with E-state index in [4.69, 9.17) is 33.2 Å². The topological polar surface area (TPSA) is 220 Å². The van der Waals surface area contributed by atoms with Crippen LogP contribution in [0.2, 0.25) is 0 Å². The number of hydrogen-bond acceptors (Lipinski definition) is 15. The molecule has 15 nitrogen and oxygen atoms in total. The summed E-state index contributed by atoms with van der Waals surface area (Å²) >= 11 is 0. The first-order valence-electron chi connectivity index (χ1n) is 14.7. The summed E-state index contributed by atoms with van der Waals surface area (Å²) in [6.07, 6.45) is -29.6. The fourth-order valence-corrected chi connectivity index (χ4v) is 5.02. The molecule has 0 bridgehead atoms. The highest BCUT2D eigenvalue weighted by molar-refractivity contribution is 5.93. The summed E-state index contributed by atoms with van der Waals surface area (Å²) in [6, 6.07) is 3.95. The van der Waals surface area contributed by atoms with Gasteiger partial charge in [0.2, 0.25) is 0 Å². The van der Waals surface area contributed by atoms with Crippen LogP contribution in [0.4, 0.5) is 26.3 Å². The highest BCUT2D eigenvalue weighted by Crippen LogP contribution is 2.35. The van der Waals surface area contributed by atoms with Gasteiger partial charge in [0.15, 0.2) is 12.6 Å². The molecule has 2 heterocycles. The average Bonchev–Trinajstić information content (AvgIpc) is 3.09. The molecule has 2 aromatic carbocycles. The number of benzene rings is 2. The van der Waals surface area contributed by atoms with E-state index in [9.17, 15) is 66.6 Å². The normalized spacial score (nSPS) is 30.0. The number of carbonyl (C=O) groups is 2. The van der Waals surface area contributed by atoms with Crippen LogP contribution >= 0.6 is 0 Å². The number of methoxy groups -OCH3 is 2. The highest BCUT2D eigenvalue weighted by atomic mass is 19.4. The summed E-state index contributed by atoms with van der Waals surface area (Å²) in [5.41, 5.74) is -3.73. The number of rotatable bonds is 10. The lowest BCUT2D eigenvalue weighted by atomic mass is 9.98. The smallest absolute Gasteiger partial charge is 0.416 e. The first-order valence-corrected chi connectivity index (χ1v) is 14.7. The maximum Gasteiger partial charge on any atom is 0.416 e. The molecule has 21 heteroatoms. The van der Waals surface area contributed by atoms with Crippen LogP contribution in [0.25, 0.3) is 0 Å². The molecule has 2 aromatic rings. The van der Waals surface area contributed by atoms with Gasteiger partial charge in [0.05, 0.1) is 25.3 Å². The molecule has 51 heavy (non-hydrogen) atoms. The Hall–Kier alpha value is -3.80. The predicted molar refractivity (Wildman–Crippen MR) is 151 cm³/mol. The van der Waals surface area contributed by atoms with Crippen molar-refractivity contribution in [3.8, 4) is 11.5 Å². The fraction of sp³-hybridized carbons (Fsp3) is 0.533. The minimum Gasteiger partial charge on any atom is -0.496 e. The molecule has 4 rings (SSSR count). The van der Waals surface area contributed by atoms with Crippen LogP contribution in [-0.2, 0) is 36.0 Å². The summed E-state index contributed by atoms with van der Waals surface area (Å²) in [6.45, 7) is -1.90. The van der Waals surface area contributed by atoms with Crippen molar-refractivity contribution >= 4 is 11.9 Å². The molecule has 0 spiro atoms. The van der Waals surface area contributed by atoms with Crippen LogP contribution < -0.4 is 9.47 Å². The third-order valence-electron chi connectivity index (χ3n) is 7.86. The van der Waals surface area contributed by atoms with Crippen LogP contribution in [-0.4, -0.2) is 131 Å². The Morgan fingerprint density at radius 3 is 1.27 bits per heavy atom. The van der Waals surface area contributed by atoms with Gasteiger partial charge >= 0.3 is 24.3 Å². The molecular formula is C30H32F6O15. The molecule has 2 aliphatic heterocycles. The first-order chi connectivity index (χ1) is 23.8. The summed E-state index contributed by atoms with van der Waals surface area (Å²) < 4.78 is 115. The quantitative estimate of drug-likeness (QED) is 0.143. The van der Waals surface area contributed by atoms with Gasteiger partial charge in [-0.25, -0.2) is 9.59 Å². The van der Waals surface area contributed by atoms with Crippen LogP contribution in [0, 0.1) is 0 Å². The maximum absolute atomic E-state index is 13.2. The van der Waals surface area contributed by atoms with Crippen molar-refractivity contribution in [3.05, 3.63) is 58.7 Å². The van der Waals surface area contributed by atoms with Crippen LogP contribution in [0.5, 0.6) is 11.5 Å². The largest absolute Gasteiger partial charge is 0.496 e. The lowest BCUT2D eigenvalue weighted by molar-refractivity contribution is -0.376. The van der Waals surface area contributed by atoms with E-state index in [0.717, 1.165) is 26.4 Å². The number of carbonyl (C=O) groups excluding carboxylic acids is 2. The highest BCUT2D eigenvalue weighted by Gasteiger charge is 2.50. The van der Waals surface area contributed by atoms with Gasteiger partial charge < -0.3 is 63.8 Å². The van der Waals surface area contributed by atoms with Gasteiger partial charge in [-0.3, -0.25) is 0 Å². The molecule has 2 saturated heterocycles. The van der Waals surface area contributed by atoms with Gasteiger partial charge in [0, 0.05) is 0 Å². The Morgan fingerprint density at radius 1 is 0.608 bits per heavy atom. The van der Waals surface area contributed by atoms with Gasteiger partial charge in [-0.1, -0.05) is 0 Å². The Balaban J connectivity index is 1.44. The predicted octanol–water partition coefficient (Wildman–Crippen LogP) is 0.387. The monoisotopic (exact) mass is 746 g/mol. The number of esters is 2. The number of hydrogen-bond donors (Lipinski definition) is 6. The summed E-state index contributed by atoms with van der Waals surface area (Å²) in [4.78, 5) is 25.4. The summed E-state index contributed by atoms with van der Waals surface area (Å²) in [5, 5.41) is 62.6. The standard InChI is InChI=1S/C30H32F6O15/c1-45-15-5-3-11(29(31,32)33)7-13(15)25(43)47-9-17-19(37)21(39)23(41)27(49-17)51-28-24(42)22(40)20(38)18(50-28)10-48-26(44)14-8-12(30(34,35)36)4-6-16(14)46-2/h3-8,17-24,27-28,37-42H,9-10H2,1-2H3/t17-,18-,19-,20-,21+,22+,23-,24-,27-,28-/m1/s1. The molecule has 10 atom stereocenters. The molecule has 6 N–H and O–H groups in total. The molecule has 0 radical (unpaired) electrons. The van der Waals surface area contributed by atoms with Crippen molar-refractivity contribution < 1.29 is 99.7 Å². The Morgan fingerprint density at radius 2 is 0.961 bits per heavy atom. The average molecular weight is 747 g/mol. The SMILES string of the molecule is COc1ccc(C(F)(F)F)cc1C(=O)OC[C@H]1O[C@H](O[C@H]2O[C@H](COC(=O)c3cc(C(F)(F)F)ccc3OC)[C@@H](O)[C@H](O)[C@H]2O)[C@H](O)[C@@H](O)[C@@H]1O. The molecule has 2 aliphatic rings. The Labute approximate surface area is 283 Å². The van der Waals surface area contributed by atoms with Gasteiger partial charge in [-0.05, 0) is 36.4 Å². The zero-order valence-corrected chi connectivity index (χ0v) is 26.3. The number of alkyl halides is 6. The van der Waals surface area contributed by atoms with E-state index in [1.807, 2.05) is 0 Å². The zero-order chi connectivity index (χ0) is 38.0. The number of aliphatic hydroxyl groups is 6. The lowest BCUT2D eigenvalue weighted by Crippen LogP contribution is -2.64. The molecule has 0 amide bonds. The van der Waals surface area contributed by atoms with Gasteiger partial charge in [-0.2, -0.15) is 26.3 Å². The number of ether oxygens (including phenoxy) is 7. The third-order valence-corrected chi connectivity index (χ3v) is 7.86. The van der Waals surface area contributed by atoms with Gasteiger partial charge in [0.1, 0.15) is 84.7 Å². The molecule has 284 valence electrons. The second-order valence-electron chi connectivity index (χ2n) is 11.2. The van der Waals surface area contributed by atoms with Gasteiger partial charge in [0.25, 0.3) is 0 Å². The van der Waals surface area contributed by atoms with E-state index in [-0.39, 0.29) is 11.5 Å². The van der Waals surface area contributed by atoms with Crippen LogP contribution in [0.15, 0.2) is 36.4 Å². The van der Waals surface area contributed by atoms with E-state index < -0.39 is 121 Å². The Bertz CT molecular complexity index is 1430. The molecular weight excluding hydrogens is 714 g/mol. The minimum absolute atomic E-state index is 0.298. The van der Waals surface area contributed by atoms with Crippen LogP contribution in [0.1, 0.15) is 31.8 Å². The number of halogens is 6. The lowest BCUT2D eigenvalue weighted by Gasteiger charge is -2.44. The minimum atomic E-state index is -4.83. The van der Waals surface area contributed by atoms with E-state index in [2.05, 4.69) is 0 Å². The summed E-state index contributed by atoms with van der Waals surface area (Å²) in [5.74, 6) is -3.33. The molecule has 0 aliphatic carbocycles. The van der Waals surface area contributed by atoms with Crippen molar-refractivity contribution in [2.45, 2.75) is 73.8 Å². The maximum atomic E-state index is 13.2. The van der Waals surface area contributed by atoms with E-state index >= 15 is 0 Å². The van der Waals surface area contributed by atoms with Crippen molar-refractivity contribution in [1.29, 1.82) is 0 Å². The van der Waals surface area contributed by atoms with Crippen molar-refractivity contribution in [1.82, 2.24) is 0 Å². The molecule has 0 unspecified atom stereocenters. The zero-order valence-electron chi connectivity index (χ0n) is 26.3. The number of aliphatic hydroxyl groups excluding tert-OH is 6. The van der Waals surface area contributed by atoms with E-state index in [0.29, 0.717) is 24.3 Å². The summed E-state index contributed by atoms with van der Waals surface area (Å²) in [7, 11) is 2.15. The third kappa shape index (κ3) is 8.99. The van der Waals surface area contributed by atoms with Crippen LogP contribution in [0.3, 0.4) is 0 Å².